The third-order valence-corrected chi connectivity index (χ3v) is 8.79. The van der Waals surface area contributed by atoms with Crippen LogP contribution in [0.4, 0.5) is 5.69 Å². The predicted octanol–water partition coefficient (Wildman–Crippen LogP) is 6.56. The van der Waals surface area contributed by atoms with Gasteiger partial charge in [0.1, 0.15) is 0 Å². The first-order chi connectivity index (χ1) is 16.1. The van der Waals surface area contributed by atoms with Crippen LogP contribution < -0.4 is 5.32 Å². The zero-order valence-electron chi connectivity index (χ0n) is 21.0. The molecule has 3 aliphatic rings. The van der Waals surface area contributed by atoms with Gasteiger partial charge in [0.2, 0.25) is 5.91 Å². The number of rotatable bonds is 6. The summed E-state index contributed by atoms with van der Waals surface area (Å²) in [4.78, 5) is 25.2. The van der Waals surface area contributed by atoms with Crippen LogP contribution in [-0.2, 0) is 26.8 Å². The number of ether oxygens (including phenoxy) is 1. The number of benzene rings is 2. The number of fused-ring (bicyclic) bond motifs is 1. The van der Waals surface area contributed by atoms with Gasteiger partial charge in [0.25, 0.3) is 0 Å². The largest absolute Gasteiger partial charge is 0.462 e. The molecule has 2 aromatic carbocycles. The van der Waals surface area contributed by atoms with Gasteiger partial charge in [-0.05, 0) is 89.3 Å². The molecule has 1 atom stereocenters. The Balaban J connectivity index is 1.14. The molecule has 2 fully saturated rings. The summed E-state index contributed by atoms with van der Waals surface area (Å²) >= 11 is 0. The summed E-state index contributed by atoms with van der Waals surface area (Å²) in [5.74, 6) is 0.110. The molecule has 0 heterocycles. The third kappa shape index (κ3) is 4.28. The molecule has 4 heteroatoms. The lowest BCUT2D eigenvalue weighted by Crippen LogP contribution is -2.34. The van der Waals surface area contributed by atoms with Crippen LogP contribution in [0.2, 0.25) is 0 Å². The summed E-state index contributed by atoms with van der Waals surface area (Å²) in [6.07, 6.45) is 7.67. The molecule has 4 nitrogen and oxygen atoms in total. The number of carbonyl (C=O) groups excluding carboxylic acids is 2. The van der Waals surface area contributed by atoms with E-state index in [0.29, 0.717) is 24.0 Å². The predicted molar refractivity (Wildman–Crippen MR) is 135 cm³/mol. The zero-order chi connectivity index (χ0) is 24.1. The third-order valence-electron chi connectivity index (χ3n) is 8.79. The molecule has 0 radical (unpaired) electrons. The highest BCUT2D eigenvalue weighted by Gasteiger charge is 2.60. The van der Waals surface area contributed by atoms with E-state index < -0.39 is 0 Å². The van der Waals surface area contributed by atoms with Crippen LogP contribution >= 0.6 is 0 Å². The van der Waals surface area contributed by atoms with Gasteiger partial charge in [-0.1, -0.05) is 52.3 Å². The van der Waals surface area contributed by atoms with E-state index in [1.807, 2.05) is 36.4 Å². The highest BCUT2D eigenvalue weighted by molar-refractivity contribution is 5.95. The van der Waals surface area contributed by atoms with Crippen LogP contribution in [0.3, 0.4) is 0 Å². The normalized spacial score (nSPS) is 22.9. The van der Waals surface area contributed by atoms with Crippen molar-refractivity contribution in [2.45, 2.75) is 83.5 Å². The molecule has 5 rings (SSSR count). The Morgan fingerprint density at radius 1 is 0.912 bits per heavy atom. The molecule has 0 bridgehead atoms. The van der Waals surface area contributed by atoms with Crippen molar-refractivity contribution in [3.63, 3.8) is 0 Å². The summed E-state index contributed by atoms with van der Waals surface area (Å²) in [6, 6.07) is 14.0. The fourth-order valence-electron chi connectivity index (χ4n) is 5.95. The maximum atomic E-state index is 12.8. The van der Waals surface area contributed by atoms with E-state index in [4.69, 9.17) is 4.74 Å². The molecular weight excluding hydrogens is 422 g/mol. The van der Waals surface area contributed by atoms with E-state index in [-0.39, 0.29) is 28.6 Å². The van der Waals surface area contributed by atoms with Crippen LogP contribution in [-0.4, -0.2) is 18.5 Å². The van der Waals surface area contributed by atoms with Crippen molar-refractivity contribution in [1.29, 1.82) is 0 Å². The maximum absolute atomic E-state index is 12.8. The standard InChI is InChI=1S/C30H37NO3/c1-28(2)15-16-29(3,4)24-18-21(8-11-23(24)28)27(33)34-17-12-20-6-9-22(10-7-20)31-26(32)25-19-30(25)13-5-14-30/h6-11,18,25H,5,12-17,19H2,1-4H3,(H,31,32). The van der Waals surface area contributed by atoms with Crippen LogP contribution in [0, 0.1) is 11.3 Å². The number of carbonyl (C=O) groups is 2. The first kappa shape index (κ1) is 23.1. The fraction of sp³-hybridized carbons (Fsp3) is 0.533. The summed E-state index contributed by atoms with van der Waals surface area (Å²) in [5.41, 5.74) is 5.71. The number of nitrogens with one attached hydrogen (secondary N) is 1. The summed E-state index contributed by atoms with van der Waals surface area (Å²) in [5, 5.41) is 3.06. The van der Waals surface area contributed by atoms with Crippen LogP contribution in [0.15, 0.2) is 42.5 Å². The maximum Gasteiger partial charge on any atom is 0.338 e. The Morgan fingerprint density at radius 2 is 1.59 bits per heavy atom. The fourth-order valence-corrected chi connectivity index (χ4v) is 5.95. The molecular formula is C30H37NO3. The van der Waals surface area contributed by atoms with Crippen molar-refractivity contribution in [2.75, 3.05) is 11.9 Å². The molecule has 1 amide bonds. The lowest BCUT2D eigenvalue weighted by Gasteiger charge is -2.41. The number of anilines is 1. The molecule has 3 aliphatic carbocycles. The van der Waals surface area contributed by atoms with E-state index in [1.165, 1.54) is 30.4 Å². The van der Waals surface area contributed by atoms with E-state index >= 15 is 0 Å². The Labute approximate surface area is 203 Å². The highest BCUT2D eigenvalue weighted by Crippen LogP contribution is 2.65. The van der Waals surface area contributed by atoms with Crippen molar-refractivity contribution >= 4 is 17.6 Å². The van der Waals surface area contributed by atoms with Gasteiger partial charge in [0.15, 0.2) is 0 Å². The van der Waals surface area contributed by atoms with Crippen LogP contribution in [0.1, 0.15) is 93.3 Å². The zero-order valence-corrected chi connectivity index (χ0v) is 21.0. The first-order valence-electron chi connectivity index (χ1n) is 12.8. The Morgan fingerprint density at radius 3 is 2.21 bits per heavy atom. The second kappa shape index (κ2) is 8.25. The minimum atomic E-state index is -0.264. The molecule has 2 aromatic rings. The molecule has 0 saturated heterocycles. The van der Waals surface area contributed by atoms with Gasteiger partial charge >= 0.3 is 5.97 Å². The number of amides is 1. The molecule has 1 unspecified atom stereocenters. The molecule has 0 aromatic heterocycles. The second-order valence-electron chi connectivity index (χ2n) is 12.1. The van der Waals surface area contributed by atoms with Crippen LogP contribution in [0.25, 0.3) is 0 Å². The van der Waals surface area contributed by atoms with E-state index in [2.05, 4.69) is 39.1 Å². The molecule has 1 N–H and O–H groups in total. The lowest BCUT2D eigenvalue weighted by molar-refractivity contribution is -0.118. The topological polar surface area (TPSA) is 55.4 Å². The Hall–Kier alpha value is -2.62. The Kier molecular flexibility index (Phi) is 5.61. The number of hydrogen-bond acceptors (Lipinski definition) is 3. The van der Waals surface area contributed by atoms with Gasteiger partial charge in [0, 0.05) is 18.0 Å². The molecule has 0 aliphatic heterocycles. The van der Waals surface area contributed by atoms with E-state index in [9.17, 15) is 9.59 Å². The van der Waals surface area contributed by atoms with Crippen LogP contribution in [0.5, 0.6) is 0 Å². The smallest absolute Gasteiger partial charge is 0.338 e. The molecule has 1 spiro atoms. The van der Waals surface area contributed by atoms with Crippen molar-refractivity contribution < 1.29 is 14.3 Å². The summed E-state index contributed by atoms with van der Waals surface area (Å²) in [6.45, 7) is 9.43. The van der Waals surface area contributed by atoms with Crippen molar-refractivity contribution in [3.05, 3.63) is 64.7 Å². The van der Waals surface area contributed by atoms with Gasteiger partial charge < -0.3 is 10.1 Å². The Bertz CT molecular complexity index is 1110. The van der Waals surface area contributed by atoms with E-state index in [0.717, 1.165) is 30.5 Å². The first-order valence-corrected chi connectivity index (χ1v) is 12.8. The average molecular weight is 460 g/mol. The minimum absolute atomic E-state index is 0.0658. The highest BCUT2D eigenvalue weighted by atomic mass is 16.5. The minimum Gasteiger partial charge on any atom is -0.462 e. The van der Waals surface area contributed by atoms with Gasteiger partial charge in [-0.15, -0.1) is 0 Å². The SMILES string of the molecule is CC1(C)CCC(C)(C)c2cc(C(=O)OCCc3ccc(NC(=O)C4CC45CCC5)cc3)ccc21. The summed E-state index contributed by atoms with van der Waals surface area (Å²) < 4.78 is 5.61. The van der Waals surface area contributed by atoms with Crippen molar-refractivity contribution in [3.8, 4) is 0 Å². The van der Waals surface area contributed by atoms with Gasteiger partial charge in [-0.25, -0.2) is 4.79 Å². The molecule has 180 valence electrons. The van der Waals surface area contributed by atoms with Gasteiger partial charge in [0.05, 0.1) is 12.2 Å². The van der Waals surface area contributed by atoms with Gasteiger partial charge in [-0.3, -0.25) is 4.79 Å². The summed E-state index contributed by atoms with van der Waals surface area (Å²) in [7, 11) is 0. The van der Waals surface area contributed by atoms with E-state index in [1.54, 1.807) is 0 Å². The van der Waals surface area contributed by atoms with Gasteiger partial charge in [-0.2, -0.15) is 0 Å². The number of hydrogen-bond donors (Lipinski definition) is 1. The molecule has 2 saturated carbocycles. The van der Waals surface area contributed by atoms with Crippen molar-refractivity contribution in [1.82, 2.24) is 0 Å². The van der Waals surface area contributed by atoms with Crippen molar-refractivity contribution in [2.24, 2.45) is 11.3 Å². The lowest BCUT2D eigenvalue weighted by atomic mass is 9.63. The molecule has 34 heavy (non-hydrogen) atoms. The monoisotopic (exact) mass is 459 g/mol. The second-order valence-corrected chi connectivity index (χ2v) is 12.1. The average Bonchev–Trinajstić information content (AvgIpc) is 3.55. The number of esters is 1. The quantitative estimate of drug-likeness (QED) is 0.498.